The molecule has 0 aliphatic heterocycles. The first-order chi connectivity index (χ1) is 11.1. The second-order valence-electron chi connectivity index (χ2n) is 5.08. The smallest absolute Gasteiger partial charge is 0.378 e. The lowest BCUT2D eigenvalue weighted by Gasteiger charge is -2.07. The topological polar surface area (TPSA) is 101 Å². The second-order valence-corrected chi connectivity index (χ2v) is 5.86. The molecule has 126 valence electrons. The van der Waals surface area contributed by atoms with Crippen molar-refractivity contribution in [2.24, 2.45) is 7.05 Å². The molecule has 0 aliphatic carbocycles. The van der Waals surface area contributed by atoms with Crippen molar-refractivity contribution in [2.75, 3.05) is 5.32 Å². The maximum Gasteiger partial charge on any atom is 0.378 e. The Morgan fingerprint density at radius 3 is 2.21 bits per heavy atom. The number of hydrogen-bond donors (Lipinski definition) is 2. The van der Waals surface area contributed by atoms with Gasteiger partial charge in [-0.25, -0.2) is 9.78 Å². The first kappa shape index (κ1) is 18.0. The average molecular weight is 370 g/mol. The number of nitrogens with one attached hydrogen (secondary N) is 1. The van der Waals surface area contributed by atoms with E-state index < -0.39 is 17.7 Å². The van der Waals surface area contributed by atoms with Gasteiger partial charge in [0.25, 0.3) is 11.7 Å². The summed E-state index contributed by atoms with van der Waals surface area (Å²) in [5.41, 5.74) is 1.24. The summed E-state index contributed by atoms with van der Waals surface area (Å²) in [6.07, 6.45) is 0. The number of carbonyl (C=O) groups is 3. The zero-order chi connectivity index (χ0) is 18.2. The van der Waals surface area contributed by atoms with Crippen molar-refractivity contribution < 1.29 is 19.5 Å². The Labute approximate surface area is 147 Å². The quantitative estimate of drug-likeness (QED) is 0.490. The van der Waals surface area contributed by atoms with E-state index in [0.717, 1.165) is 0 Å². The Hall–Kier alpha value is -2.38. The summed E-state index contributed by atoms with van der Waals surface area (Å²) in [5.74, 6) is -3.17. The molecule has 0 saturated carbocycles. The summed E-state index contributed by atoms with van der Waals surface area (Å²) < 4.78 is 1.38. The zero-order valence-electron chi connectivity index (χ0n) is 13.0. The molecule has 2 aromatic rings. The lowest BCUT2D eigenvalue weighted by atomic mass is 10.1. The van der Waals surface area contributed by atoms with Crippen LogP contribution < -0.4 is 5.32 Å². The van der Waals surface area contributed by atoms with Crippen LogP contribution in [0.15, 0.2) is 12.1 Å². The highest BCUT2D eigenvalue weighted by Crippen LogP contribution is 2.24. The Balaban J connectivity index is 2.45. The van der Waals surface area contributed by atoms with Crippen LogP contribution in [-0.4, -0.2) is 32.3 Å². The molecule has 0 unspecified atom stereocenters. The van der Waals surface area contributed by atoms with Crippen molar-refractivity contribution in [3.63, 3.8) is 0 Å². The number of halogens is 2. The molecule has 9 heteroatoms. The van der Waals surface area contributed by atoms with Gasteiger partial charge in [-0.05, 0) is 31.5 Å². The lowest BCUT2D eigenvalue weighted by Crippen LogP contribution is -2.17. The molecule has 7 nitrogen and oxygen atoms in total. The number of pyridine rings is 1. The molecule has 2 rings (SSSR count). The van der Waals surface area contributed by atoms with Gasteiger partial charge in [0.2, 0.25) is 0 Å². The molecule has 0 aromatic carbocycles. The van der Waals surface area contributed by atoms with Gasteiger partial charge in [0.1, 0.15) is 16.0 Å². The molecule has 0 saturated heterocycles. The molecule has 0 spiro atoms. The number of Topliss-reactive ketones (excluding diaryl/α,β-unsaturated/α-hetero) is 1. The Morgan fingerprint density at radius 1 is 1.17 bits per heavy atom. The molecule has 0 bridgehead atoms. The summed E-state index contributed by atoms with van der Waals surface area (Å²) in [6.45, 7) is 3.14. The monoisotopic (exact) mass is 369 g/mol. The van der Waals surface area contributed by atoms with Gasteiger partial charge in [0.05, 0.1) is 5.56 Å². The number of amides is 1. The maximum absolute atomic E-state index is 12.5. The molecule has 2 N–H and O–H groups in total. The molecule has 0 radical (unpaired) electrons. The average Bonchev–Trinajstić information content (AvgIpc) is 2.67. The molecule has 24 heavy (non-hydrogen) atoms. The molecule has 2 heterocycles. The maximum atomic E-state index is 12.5. The van der Waals surface area contributed by atoms with Crippen LogP contribution in [-0.2, 0) is 11.8 Å². The van der Waals surface area contributed by atoms with Gasteiger partial charge >= 0.3 is 5.97 Å². The van der Waals surface area contributed by atoms with E-state index in [1.165, 1.54) is 30.7 Å². The summed E-state index contributed by atoms with van der Waals surface area (Å²) in [6, 6.07) is 2.84. The van der Waals surface area contributed by atoms with Gasteiger partial charge in [-0.15, -0.1) is 0 Å². The van der Waals surface area contributed by atoms with Crippen molar-refractivity contribution in [3.05, 3.63) is 45.0 Å². The SMILES string of the molecule is Cc1c(C(=O)Nc2cc(Cl)nc(Cl)c2)c(C)n(C)c1C(=O)C(=O)O. The van der Waals surface area contributed by atoms with Crippen LogP contribution in [0.4, 0.5) is 5.69 Å². The number of aromatic nitrogens is 2. The van der Waals surface area contributed by atoms with Gasteiger partial charge in [-0.2, -0.15) is 0 Å². The molecule has 0 fully saturated rings. The largest absolute Gasteiger partial charge is 0.475 e. The van der Waals surface area contributed by atoms with Crippen LogP contribution >= 0.6 is 23.2 Å². The van der Waals surface area contributed by atoms with Crippen molar-refractivity contribution >= 4 is 46.5 Å². The fraction of sp³-hybridized carbons (Fsp3) is 0.200. The molecular weight excluding hydrogens is 357 g/mol. The van der Waals surface area contributed by atoms with E-state index >= 15 is 0 Å². The Morgan fingerprint density at radius 2 is 1.71 bits per heavy atom. The third-order valence-electron chi connectivity index (χ3n) is 3.59. The number of nitrogens with zero attached hydrogens (tertiary/aromatic N) is 2. The highest BCUT2D eigenvalue weighted by atomic mass is 35.5. The fourth-order valence-electron chi connectivity index (χ4n) is 2.47. The highest BCUT2D eigenvalue weighted by molar-refractivity contribution is 6.40. The summed E-state index contributed by atoms with van der Waals surface area (Å²) >= 11 is 11.6. The van der Waals surface area contributed by atoms with E-state index in [-0.39, 0.29) is 27.1 Å². The predicted molar refractivity (Wildman–Crippen MR) is 89.1 cm³/mol. The third-order valence-corrected chi connectivity index (χ3v) is 3.97. The summed E-state index contributed by atoms with van der Waals surface area (Å²) in [4.78, 5) is 39.1. The Bertz CT molecular complexity index is 854. The van der Waals surface area contributed by atoms with Gasteiger partial charge in [-0.1, -0.05) is 23.2 Å². The molecule has 0 atom stereocenters. The standard InChI is InChI=1S/C15H13Cl2N3O4/c1-6-11(7(2)20(3)12(6)13(21)15(23)24)14(22)18-8-4-9(16)19-10(17)5-8/h4-5H,1-3H3,(H,23,24)(H,18,19,22). The summed E-state index contributed by atoms with van der Waals surface area (Å²) in [7, 11) is 1.52. The normalized spacial score (nSPS) is 10.5. The number of aliphatic carboxylic acids is 1. The Kier molecular flexibility index (Phi) is 4.96. The van der Waals surface area contributed by atoms with Crippen molar-refractivity contribution in [1.82, 2.24) is 9.55 Å². The van der Waals surface area contributed by atoms with Crippen LogP contribution in [0, 0.1) is 13.8 Å². The van der Waals surface area contributed by atoms with E-state index in [9.17, 15) is 14.4 Å². The summed E-state index contributed by atoms with van der Waals surface area (Å²) in [5, 5.41) is 11.8. The van der Waals surface area contributed by atoms with Crippen molar-refractivity contribution in [2.45, 2.75) is 13.8 Å². The first-order valence-electron chi connectivity index (χ1n) is 6.71. The number of ketones is 1. The zero-order valence-corrected chi connectivity index (χ0v) is 14.5. The van der Waals surface area contributed by atoms with Crippen molar-refractivity contribution in [3.8, 4) is 0 Å². The van der Waals surface area contributed by atoms with Crippen molar-refractivity contribution in [1.29, 1.82) is 0 Å². The van der Waals surface area contributed by atoms with Gasteiger partial charge in [0.15, 0.2) is 0 Å². The minimum absolute atomic E-state index is 0.0454. The number of carboxylic acid groups (broad SMARTS) is 1. The molecule has 0 aliphatic rings. The van der Waals surface area contributed by atoms with Crippen LogP contribution in [0.25, 0.3) is 0 Å². The first-order valence-corrected chi connectivity index (χ1v) is 7.47. The molecular formula is C15H13Cl2N3O4. The molecule has 1 amide bonds. The van der Waals surface area contributed by atoms with E-state index in [1.54, 1.807) is 6.92 Å². The lowest BCUT2D eigenvalue weighted by molar-refractivity contribution is -0.131. The van der Waals surface area contributed by atoms with E-state index in [0.29, 0.717) is 11.4 Å². The molecule has 2 aromatic heterocycles. The second kappa shape index (κ2) is 6.62. The fourth-order valence-corrected chi connectivity index (χ4v) is 2.93. The number of carbonyl (C=O) groups excluding carboxylic acids is 2. The predicted octanol–water partition coefficient (Wildman–Crippen LogP) is 2.86. The number of rotatable bonds is 4. The highest BCUT2D eigenvalue weighted by Gasteiger charge is 2.28. The van der Waals surface area contributed by atoms with Gasteiger partial charge < -0.3 is 15.0 Å². The number of hydrogen-bond acceptors (Lipinski definition) is 4. The van der Waals surface area contributed by atoms with E-state index in [4.69, 9.17) is 28.3 Å². The minimum Gasteiger partial charge on any atom is -0.475 e. The van der Waals surface area contributed by atoms with Crippen LogP contribution in [0.1, 0.15) is 32.1 Å². The van der Waals surface area contributed by atoms with Crippen LogP contribution in [0.2, 0.25) is 10.3 Å². The number of anilines is 1. The third kappa shape index (κ3) is 3.27. The van der Waals surface area contributed by atoms with E-state index in [1.807, 2.05) is 0 Å². The number of carboxylic acids is 1. The van der Waals surface area contributed by atoms with Gasteiger partial charge in [0, 0.05) is 18.4 Å². The minimum atomic E-state index is -1.58. The van der Waals surface area contributed by atoms with Gasteiger partial charge in [-0.3, -0.25) is 9.59 Å². The van der Waals surface area contributed by atoms with E-state index in [2.05, 4.69) is 10.3 Å². The van der Waals surface area contributed by atoms with Crippen LogP contribution in [0.3, 0.4) is 0 Å². The van der Waals surface area contributed by atoms with Crippen LogP contribution in [0.5, 0.6) is 0 Å².